The number of amides is 1. The molecule has 0 aliphatic rings. The second kappa shape index (κ2) is 9.54. The van der Waals surface area contributed by atoms with Crippen LogP contribution in [0.1, 0.15) is 11.1 Å². The fourth-order valence-electron chi connectivity index (χ4n) is 2.79. The summed E-state index contributed by atoms with van der Waals surface area (Å²) in [5.41, 5.74) is 2.20. The number of benzene rings is 2. The van der Waals surface area contributed by atoms with E-state index in [1.54, 1.807) is 44.7 Å². The number of pyridine rings is 1. The van der Waals surface area contributed by atoms with Crippen LogP contribution in [0.25, 0.3) is 0 Å². The Kier molecular flexibility index (Phi) is 6.63. The van der Waals surface area contributed by atoms with Gasteiger partial charge in [0.15, 0.2) is 11.5 Å². The van der Waals surface area contributed by atoms with E-state index >= 15 is 0 Å². The van der Waals surface area contributed by atoms with Gasteiger partial charge in [-0.05, 0) is 47.5 Å². The molecule has 7 heteroatoms. The summed E-state index contributed by atoms with van der Waals surface area (Å²) in [7, 11) is 3.19. The molecule has 3 aromatic rings. The van der Waals surface area contributed by atoms with Crippen LogP contribution in [0.5, 0.6) is 11.5 Å². The Morgan fingerprint density at radius 3 is 2.52 bits per heavy atom. The van der Waals surface area contributed by atoms with E-state index in [0.29, 0.717) is 35.1 Å². The predicted molar refractivity (Wildman–Crippen MR) is 110 cm³/mol. The van der Waals surface area contributed by atoms with Crippen molar-refractivity contribution >= 4 is 17.4 Å². The number of carbonyl (C=O) groups is 1. The zero-order valence-electron chi connectivity index (χ0n) is 16.2. The third kappa shape index (κ3) is 5.68. The Balaban J connectivity index is 1.54. The van der Waals surface area contributed by atoms with Gasteiger partial charge in [-0.2, -0.15) is 0 Å². The molecule has 0 bridgehead atoms. The molecular weight excluding hydrogens is 373 g/mol. The first-order valence-electron chi connectivity index (χ1n) is 9.02. The maximum atomic E-state index is 13.2. The van der Waals surface area contributed by atoms with Gasteiger partial charge in [0.1, 0.15) is 11.6 Å². The minimum absolute atomic E-state index is 0.0943. The van der Waals surface area contributed by atoms with Gasteiger partial charge in [0.2, 0.25) is 5.91 Å². The van der Waals surface area contributed by atoms with E-state index in [1.165, 1.54) is 12.1 Å². The molecule has 0 aliphatic carbocycles. The predicted octanol–water partition coefficient (Wildman–Crippen LogP) is 4.03. The number of carbonyl (C=O) groups excluding carboxylic acids is 1. The molecule has 0 radical (unpaired) electrons. The van der Waals surface area contributed by atoms with Crippen LogP contribution < -0.4 is 20.1 Å². The quantitative estimate of drug-likeness (QED) is 0.603. The maximum absolute atomic E-state index is 13.2. The summed E-state index contributed by atoms with van der Waals surface area (Å²) in [5, 5.41) is 5.97. The van der Waals surface area contributed by atoms with E-state index in [1.807, 2.05) is 18.2 Å². The van der Waals surface area contributed by atoms with Crippen LogP contribution >= 0.6 is 0 Å². The van der Waals surface area contributed by atoms with Crippen molar-refractivity contribution in [3.63, 3.8) is 0 Å². The zero-order valence-corrected chi connectivity index (χ0v) is 16.2. The Morgan fingerprint density at radius 2 is 1.83 bits per heavy atom. The van der Waals surface area contributed by atoms with Gasteiger partial charge in [0.25, 0.3) is 0 Å². The lowest BCUT2D eigenvalue weighted by atomic mass is 10.1. The highest BCUT2D eigenvalue weighted by Gasteiger charge is 2.07. The lowest BCUT2D eigenvalue weighted by Gasteiger charge is -2.11. The largest absolute Gasteiger partial charge is 0.493 e. The van der Waals surface area contributed by atoms with Crippen LogP contribution in [-0.4, -0.2) is 25.1 Å². The van der Waals surface area contributed by atoms with Crippen molar-refractivity contribution in [2.45, 2.75) is 13.0 Å². The molecule has 0 unspecified atom stereocenters. The molecule has 150 valence electrons. The first-order chi connectivity index (χ1) is 14.1. The van der Waals surface area contributed by atoms with E-state index < -0.39 is 0 Å². The fourth-order valence-corrected chi connectivity index (χ4v) is 2.79. The molecule has 29 heavy (non-hydrogen) atoms. The molecule has 6 nitrogen and oxygen atoms in total. The second-order valence-electron chi connectivity index (χ2n) is 6.33. The van der Waals surface area contributed by atoms with Gasteiger partial charge in [-0.25, -0.2) is 9.37 Å². The summed E-state index contributed by atoms with van der Waals surface area (Å²) in [5.74, 6) is 1.41. The van der Waals surface area contributed by atoms with E-state index in [0.717, 1.165) is 5.56 Å². The summed E-state index contributed by atoms with van der Waals surface area (Å²) in [6.45, 7) is 0.554. The van der Waals surface area contributed by atoms with E-state index in [2.05, 4.69) is 15.6 Å². The summed E-state index contributed by atoms with van der Waals surface area (Å²) in [6.07, 6.45) is 1.66. The fraction of sp³-hybridized carbons (Fsp3) is 0.182. The smallest absolute Gasteiger partial charge is 0.228 e. The Labute approximate surface area is 168 Å². The topological polar surface area (TPSA) is 72.5 Å². The van der Waals surface area contributed by atoms with Crippen LogP contribution in [0.15, 0.2) is 60.8 Å². The molecule has 1 heterocycles. The van der Waals surface area contributed by atoms with Crippen molar-refractivity contribution in [3.05, 3.63) is 77.7 Å². The molecule has 3 rings (SSSR count). The number of nitrogens with one attached hydrogen (secondary N) is 2. The van der Waals surface area contributed by atoms with Gasteiger partial charge in [0.05, 0.1) is 32.5 Å². The molecule has 2 N–H and O–H groups in total. The van der Waals surface area contributed by atoms with Crippen molar-refractivity contribution in [1.82, 2.24) is 4.98 Å². The van der Waals surface area contributed by atoms with Crippen molar-refractivity contribution in [3.8, 4) is 11.5 Å². The minimum Gasteiger partial charge on any atom is -0.493 e. The van der Waals surface area contributed by atoms with Gasteiger partial charge in [-0.15, -0.1) is 0 Å². The van der Waals surface area contributed by atoms with Crippen LogP contribution in [-0.2, 0) is 17.8 Å². The number of aromatic nitrogens is 1. The third-order valence-electron chi connectivity index (χ3n) is 4.22. The molecule has 0 saturated heterocycles. The summed E-state index contributed by atoms with van der Waals surface area (Å²) in [6, 6.07) is 15.2. The Morgan fingerprint density at radius 1 is 1.00 bits per heavy atom. The standard InChI is InChI=1S/C22H22FN3O3/c1-28-19-8-6-16(11-20(19)29-2)13-24-21-9-7-18(14-25-21)26-22(27)12-15-4-3-5-17(23)10-15/h3-11,14H,12-13H2,1-2H3,(H,24,25)(H,26,27). The van der Waals surface area contributed by atoms with Crippen LogP contribution in [0.4, 0.5) is 15.9 Å². The lowest BCUT2D eigenvalue weighted by Crippen LogP contribution is -2.14. The lowest BCUT2D eigenvalue weighted by molar-refractivity contribution is -0.115. The summed E-state index contributed by atoms with van der Waals surface area (Å²) in [4.78, 5) is 16.4. The molecule has 1 aromatic heterocycles. The van der Waals surface area contributed by atoms with Crippen LogP contribution in [0, 0.1) is 5.82 Å². The highest BCUT2D eigenvalue weighted by atomic mass is 19.1. The molecule has 0 atom stereocenters. The zero-order chi connectivity index (χ0) is 20.6. The number of hydrogen-bond donors (Lipinski definition) is 2. The number of hydrogen-bond acceptors (Lipinski definition) is 5. The Hall–Kier alpha value is -3.61. The third-order valence-corrected chi connectivity index (χ3v) is 4.22. The van der Waals surface area contributed by atoms with E-state index in [4.69, 9.17) is 9.47 Å². The molecule has 1 amide bonds. The van der Waals surface area contributed by atoms with Crippen molar-refractivity contribution < 1.29 is 18.7 Å². The van der Waals surface area contributed by atoms with E-state index in [-0.39, 0.29) is 18.1 Å². The second-order valence-corrected chi connectivity index (χ2v) is 6.33. The average molecular weight is 395 g/mol. The number of anilines is 2. The average Bonchev–Trinajstić information content (AvgIpc) is 2.73. The summed E-state index contributed by atoms with van der Waals surface area (Å²) < 4.78 is 23.7. The van der Waals surface area contributed by atoms with Crippen LogP contribution in [0.2, 0.25) is 0 Å². The highest BCUT2D eigenvalue weighted by molar-refractivity contribution is 5.92. The van der Waals surface area contributed by atoms with Crippen LogP contribution in [0.3, 0.4) is 0 Å². The van der Waals surface area contributed by atoms with Crippen molar-refractivity contribution in [2.24, 2.45) is 0 Å². The van der Waals surface area contributed by atoms with Gasteiger partial charge in [-0.1, -0.05) is 18.2 Å². The highest BCUT2D eigenvalue weighted by Crippen LogP contribution is 2.27. The summed E-state index contributed by atoms with van der Waals surface area (Å²) >= 11 is 0. The first-order valence-corrected chi connectivity index (χ1v) is 9.02. The number of methoxy groups -OCH3 is 2. The number of nitrogens with zero attached hydrogens (tertiary/aromatic N) is 1. The molecule has 0 aliphatic heterocycles. The van der Waals surface area contributed by atoms with Gasteiger partial charge in [-0.3, -0.25) is 4.79 Å². The molecule has 0 spiro atoms. The molecule has 0 fully saturated rings. The molecular formula is C22H22FN3O3. The van der Waals surface area contributed by atoms with Gasteiger partial charge < -0.3 is 20.1 Å². The minimum atomic E-state index is -0.359. The molecule has 0 saturated carbocycles. The number of halogens is 1. The number of ether oxygens (including phenoxy) is 2. The van der Waals surface area contributed by atoms with Gasteiger partial charge >= 0.3 is 0 Å². The Bertz CT molecular complexity index is 977. The first kappa shape index (κ1) is 20.1. The van der Waals surface area contributed by atoms with Gasteiger partial charge in [0, 0.05) is 6.54 Å². The monoisotopic (exact) mass is 395 g/mol. The van der Waals surface area contributed by atoms with Crippen molar-refractivity contribution in [1.29, 1.82) is 0 Å². The normalized spacial score (nSPS) is 10.3. The molecule has 2 aromatic carbocycles. The van der Waals surface area contributed by atoms with E-state index in [9.17, 15) is 9.18 Å². The number of rotatable bonds is 8. The van der Waals surface area contributed by atoms with Crippen molar-refractivity contribution in [2.75, 3.05) is 24.9 Å². The SMILES string of the molecule is COc1ccc(CNc2ccc(NC(=O)Cc3cccc(F)c3)cn2)cc1OC. The maximum Gasteiger partial charge on any atom is 0.228 e.